The van der Waals surface area contributed by atoms with Gasteiger partial charge in [0.25, 0.3) is 0 Å². The smallest absolute Gasteiger partial charge is 0.101 e. The summed E-state index contributed by atoms with van der Waals surface area (Å²) in [7, 11) is 0. The zero-order chi connectivity index (χ0) is 15.5. The Morgan fingerprint density at radius 2 is 2.00 bits per heavy atom. The monoisotopic (exact) mass is 308 g/mol. The highest BCUT2D eigenvalue weighted by molar-refractivity contribution is 5.88. The zero-order valence-corrected chi connectivity index (χ0v) is 12.9. The van der Waals surface area contributed by atoms with Crippen LogP contribution in [-0.4, -0.2) is 26.0 Å². The van der Waals surface area contributed by atoms with Crippen molar-refractivity contribution >= 4 is 17.6 Å². The Balaban J connectivity index is 1.57. The maximum Gasteiger partial charge on any atom is 0.101 e. The van der Waals surface area contributed by atoms with Crippen molar-refractivity contribution < 1.29 is 4.74 Å². The van der Waals surface area contributed by atoms with Gasteiger partial charge in [-0.05, 0) is 29.7 Å². The molecule has 0 saturated heterocycles. The van der Waals surface area contributed by atoms with Crippen LogP contribution in [0.2, 0.25) is 0 Å². The first kappa shape index (κ1) is 14.1. The van der Waals surface area contributed by atoms with Crippen molar-refractivity contribution in [1.29, 1.82) is 0 Å². The van der Waals surface area contributed by atoms with Crippen molar-refractivity contribution in [1.82, 2.24) is 5.43 Å². The number of fused-ring (bicyclic) bond motifs is 2. The van der Waals surface area contributed by atoms with E-state index in [1.807, 2.05) is 6.21 Å². The molecule has 2 aliphatic heterocycles. The quantitative estimate of drug-likeness (QED) is 0.758. The Morgan fingerprint density at radius 3 is 3.00 bits per heavy atom. The van der Waals surface area contributed by atoms with Gasteiger partial charge in [-0.15, -0.1) is 0 Å². The molecule has 0 aromatic heterocycles. The van der Waals surface area contributed by atoms with Crippen LogP contribution in [0.15, 0.2) is 47.6 Å². The third-order valence-corrected chi connectivity index (χ3v) is 4.29. The van der Waals surface area contributed by atoms with Gasteiger partial charge in [0.1, 0.15) is 6.67 Å². The standard InChI is InChI=1S/C18H20N4O/c1-2-4-16-13(3-1)7-8-23-18(11-19-16)14-5-6-15-10-21-22-12-20-17(15)9-14/h1-6,9-10,18-20,22H,7-8,11-12H2. The van der Waals surface area contributed by atoms with Crippen LogP contribution in [0.4, 0.5) is 11.4 Å². The number of nitrogens with one attached hydrogen (secondary N) is 3. The minimum atomic E-state index is 0.0450. The molecule has 0 amide bonds. The molecule has 2 aliphatic rings. The predicted octanol–water partition coefficient (Wildman–Crippen LogP) is 2.72. The molecule has 1 unspecified atom stereocenters. The van der Waals surface area contributed by atoms with Crippen LogP contribution in [0.1, 0.15) is 22.8 Å². The average Bonchev–Trinajstić information content (AvgIpc) is 2.80. The minimum Gasteiger partial charge on any atom is -0.382 e. The second-order valence-corrected chi connectivity index (χ2v) is 5.76. The Kier molecular flexibility index (Phi) is 3.86. The molecule has 2 aromatic rings. The van der Waals surface area contributed by atoms with Crippen molar-refractivity contribution in [2.75, 3.05) is 30.5 Å². The number of anilines is 2. The summed E-state index contributed by atoms with van der Waals surface area (Å²) in [5.74, 6) is 0. The van der Waals surface area contributed by atoms with E-state index in [-0.39, 0.29) is 6.10 Å². The highest BCUT2D eigenvalue weighted by Crippen LogP contribution is 2.27. The zero-order valence-electron chi connectivity index (χ0n) is 12.9. The van der Waals surface area contributed by atoms with Crippen molar-refractivity contribution in [2.24, 2.45) is 5.10 Å². The normalized spacial score (nSPS) is 19.7. The van der Waals surface area contributed by atoms with E-state index in [0.29, 0.717) is 6.67 Å². The Bertz CT molecular complexity index is 729. The Morgan fingerprint density at radius 1 is 1.04 bits per heavy atom. The first-order valence-electron chi connectivity index (χ1n) is 7.97. The summed E-state index contributed by atoms with van der Waals surface area (Å²) in [6.07, 6.45) is 2.81. The van der Waals surface area contributed by atoms with Gasteiger partial charge in [0.05, 0.1) is 18.9 Å². The van der Waals surface area contributed by atoms with E-state index in [1.165, 1.54) is 16.8 Å². The van der Waals surface area contributed by atoms with Crippen molar-refractivity contribution in [3.05, 3.63) is 59.2 Å². The van der Waals surface area contributed by atoms with Gasteiger partial charge in [0.2, 0.25) is 0 Å². The summed E-state index contributed by atoms with van der Waals surface area (Å²) in [6, 6.07) is 14.8. The second kappa shape index (κ2) is 6.30. The van der Waals surface area contributed by atoms with Crippen molar-refractivity contribution in [3.63, 3.8) is 0 Å². The SMILES string of the molecule is C1=NNCNc2cc(C3CNc4ccccc4CCO3)ccc21. The molecule has 0 fully saturated rings. The van der Waals surface area contributed by atoms with Gasteiger partial charge in [-0.1, -0.05) is 30.3 Å². The molecule has 0 spiro atoms. The number of para-hydroxylation sites is 1. The average molecular weight is 308 g/mol. The van der Waals surface area contributed by atoms with Crippen LogP contribution in [0.3, 0.4) is 0 Å². The molecular formula is C18H20N4O. The molecule has 2 aromatic carbocycles. The number of nitrogens with zero attached hydrogens (tertiary/aromatic N) is 1. The predicted molar refractivity (Wildman–Crippen MR) is 93.0 cm³/mol. The molecule has 1 atom stereocenters. The lowest BCUT2D eigenvalue weighted by Crippen LogP contribution is -2.21. The summed E-state index contributed by atoms with van der Waals surface area (Å²) in [6.45, 7) is 2.13. The molecule has 23 heavy (non-hydrogen) atoms. The molecular weight excluding hydrogens is 288 g/mol. The van der Waals surface area contributed by atoms with Gasteiger partial charge in [-0.3, -0.25) is 5.43 Å². The van der Waals surface area contributed by atoms with E-state index in [1.54, 1.807) is 0 Å². The van der Waals surface area contributed by atoms with Gasteiger partial charge in [0, 0.05) is 23.5 Å². The molecule has 5 nitrogen and oxygen atoms in total. The first-order valence-corrected chi connectivity index (χ1v) is 7.97. The summed E-state index contributed by atoms with van der Waals surface area (Å²) < 4.78 is 6.11. The lowest BCUT2D eigenvalue weighted by atomic mass is 10.0. The van der Waals surface area contributed by atoms with Crippen LogP contribution in [-0.2, 0) is 11.2 Å². The van der Waals surface area contributed by atoms with Gasteiger partial charge in [-0.25, -0.2) is 0 Å². The summed E-state index contributed by atoms with van der Waals surface area (Å²) in [5.41, 5.74) is 8.82. The molecule has 118 valence electrons. The summed E-state index contributed by atoms with van der Waals surface area (Å²) in [5, 5.41) is 11.0. The van der Waals surface area contributed by atoms with Crippen LogP contribution in [0.25, 0.3) is 0 Å². The first-order chi connectivity index (χ1) is 11.4. The molecule has 3 N–H and O–H groups in total. The van der Waals surface area contributed by atoms with E-state index < -0.39 is 0 Å². The second-order valence-electron chi connectivity index (χ2n) is 5.76. The number of hydrogen-bond donors (Lipinski definition) is 3. The minimum absolute atomic E-state index is 0.0450. The third kappa shape index (κ3) is 3.00. The number of rotatable bonds is 1. The fourth-order valence-corrected chi connectivity index (χ4v) is 3.03. The van der Waals surface area contributed by atoms with Crippen LogP contribution < -0.4 is 16.1 Å². The fourth-order valence-electron chi connectivity index (χ4n) is 3.03. The number of ether oxygens (including phenoxy) is 1. The number of hydrazone groups is 1. The molecule has 0 aliphatic carbocycles. The van der Waals surface area contributed by atoms with Gasteiger partial charge < -0.3 is 15.4 Å². The molecule has 0 radical (unpaired) electrons. The van der Waals surface area contributed by atoms with E-state index in [2.05, 4.69) is 63.6 Å². The Hall–Kier alpha value is -2.53. The highest BCUT2D eigenvalue weighted by atomic mass is 16.5. The van der Waals surface area contributed by atoms with E-state index in [0.717, 1.165) is 30.8 Å². The number of hydrogen-bond acceptors (Lipinski definition) is 5. The van der Waals surface area contributed by atoms with Gasteiger partial charge in [0.15, 0.2) is 0 Å². The van der Waals surface area contributed by atoms with E-state index in [9.17, 15) is 0 Å². The molecule has 0 saturated carbocycles. The topological polar surface area (TPSA) is 57.7 Å². The molecule has 2 heterocycles. The lowest BCUT2D eigenvalue weighted by Gasteiger charge is -2.24. The lowest BCUT2D eigenvalue weighted by molar-refractivity contribution is 0.0622. The molecule has 4 rings (SSSR count). The van der Waals surface area contributed by atoms with Crippen LogP contribution in [0, 0.1) is 0 Å². The third-order valence-electron chi connectivity index (χ3n) is 4.29. The van der Waals surface area contributed by atoms with Gasteiger partial charge in [-0.2, -0.15) is 5.10 Å². The van der Waals surface area contributed by atoms with E-state index in [4.69, 9.17) is 4.74 Å². The number of benzene rings is 2. The van der Waals surface area contributed by atoms with Crippen LogP contribution >= 0.6 is 0 Å². The fraction of sp³-hybridized carbons (Fsp3) is 0.278. The largest absolute Gasteiger partial charge is 0.382 e. The van der Waals surface area contributed by atoms with Gasteiger partial charge >= 0.3 is 0 Å². The summed E-state index contributed by atoms with van der Waals surface area (Å²) >= 11 is 0. The maximum atomic E-state index is 6.11. The van der Waals surface area contributed by atoms with Crippen molar-refractivity contribution in [3.8, 4) is 0 Å². The summed E-state index contributed by atoms with van der Waals surface area (Å²) in [4.78, 5) is 0. The van der Waals surface area contributed by atoms with Crippen molar-refractivity contribution in [2.45, 2.75) is 12.5 Å². The Labute approximate surface area is 135 Å². The highest BCUT2D eigenvalue weighted by Gasteiger charge is 2.17. The molecule has 5 heteroatoms. The molecule has 0 bridgehead atoms. The van der Waals surface area contributed by atoms with Crippen LogP contribution in [0.5, 0.6) is 0 Å². The van der Waals surface area contributed by atoms with E-state index >= 15 is 0 Å². The maximum absolute atomic E-state index is 6.11.